The SMILES string of the molecule is CN/C(=C\C=C/C(C)N1c2nc(N/C(C=NC3CCN(C)CC3)=C/N)ncc2[C@@]2(C)COC(C)(C)C[C@@H]12)N1C(=O)CC[C@@H]1C. The predicted octanol–water partition coefficient (Wildman–Crippen LogP) is 3.52. The summed E-state index contributed by atoms with van der Waals surface area (Å²) in [4.78, 5) is 33.7. The average Bonchev–Trinajstić information content (AvgIpc) is 3.45. The first-order valence-corrected chi connectivity index (χ1v) is 16.0. The van der Waals surface area contributed by atoms with E-state index in [4.69, 9.17) is 25.4 Å². The second-order valence-corrected chi connectivity index (χ2v) is 13.7. The molecule has 0 radical (unpaired) electrons. The number of piperidine rings is 1. The van der Waals surface area contributed by atoms with Gasteiger partial charge in [0, 0.05) is 61.2 Å². The summed E-state index contributed by atoms with van der Waals surface area (Å²) in [6, 6.07) is 0.678. The van der Waals surface area contributed by atoms with Crippen LogP contribution in [0.15, 0.2) is 47.1 Å². The summed E-state index contributed by atoms with van der Waals surface area (Å²) in [7, 11) is 4.01. The van der Waals surface area contributed by atoms with Crippen LogP contribution in [0.1, 0.15) is 72.3 Å². The van der Waals surface area contributed by atoms with Crippen molar-refractivity contribution in [3.8, 4) is 0 Å². The molecule has 0 aromatic carbocycles. The minimum atomic E-state index is -0.256. The van der Waals surface area contributed by atoms with Crippen molar-refractivity contribution in [3.05, 3.63) is 47.7 Å². The number of likely N-dealkylation sites (tertiary alicyclic amines) is 2. The van der Waals surface area contributed by atoms with Gasteiger partial charge in [0.2, 0.25) is 11.9 Å². The van der Waals surface area contributed by atoms with Crippen LogP contribution in [-0.4, -0.2) is 95.4 Å². The molecule has 4 aliphatic rings. The van der Waals surface area contributed by atoms with Crippen molar-refractivity contribution in [2.24, 2.45) is 10.7 Å². The van der Waals surface area contributed by atoms with E-state index < -0.39 is 0 Å². The van der Waals surface area contributed by atoms with Crippen molar-refractivity contribution >= 4 is 23.9 Å². The Morgan fingerprint density at radius 2 is 2.00 bits per heavy atom. The first-order valence-electron chi connectivity index (χ1n) is 16.0. The second kappa shape index (κ2) is 12.9. The van der Waals surface area contributed by atoms with E-state index in [1.54, 1.807) is 0 Å². The molecule has 240 valence electrons. The lowest BCUT2D eigenvalue weighted by Gasteiger charge is -2.47. The molecule has 1 unspecified atom stereocenters. The number of nitrogens with one attached hydrogen (secondary N) is 2. The van der Waals surface area contributed by atoms with Gasteiger partial charge in [-0.15, -0.1) is 0 Å². The Kier molecular flexibility index (Phi) is 9.36. The zero-order valence-electron chi connectivity index (χ0n) is 27.5. The summed E-state index contributed by atoms with van der Waals surface area (Å²) in [5.74, 6) is 2.36. The van der Waals surface area contributed by atoms with E-state index in [1.165, 1.54) is 6.20 Å². The predicted molar refractivity (Wildman–Crippen MR) is 176 cm³/mol. The molecular formula is C33H51N9O2. The molecule has 4 atom stereocenters. The third-order valence-corrected chi connectivity index (χ3v) is 9.78. The van der Waals surface area contributed by atoms with Gasteiger partial charge in [-0.3, -0.25) is 14.7 Å². The number of nitrogens with zero attached hydrogens (tertiary/aromatic N) is 6. The van der Waals surface area contributed by atoms with Crippen LogP contribution in [0.25, 0.3) is 0 Å². The zero-order chi connectivity index (χ0) is 31.6. The fraction of sp³-hybridized carbons (Fsp3) is 0.636. The van der Waals surface area contributed by atoms with Crippen LogP contribution in [-0.2, 0) is 14.9 Å². The molecule has 0 saturated carbocycles. The maximum Gasteiger partial charge on any atom is 0.229 e. The molecule has 4 aliphatic heterocycles. The highest BCUT2D eigenvalue weighted by Gasteiger charge is 2.55. The van der Waals surface area contributed by atoms with Gasteiger partial charge in [-0.25, -0.2) is 4.98 Å². The number of carbonyl (C=O) groups is 1. The molecule has 11 heteroatoms. The number of hydrogen-bond donors (Lipinski definition) is 3. The van der Waals surface area contributed by atoms with Gasteiger partial charge in [0.1, 0.15) is 11.6 Å². The van der Waals surface area contributed by atoms with Gasteiger partial charge in [0.25, 0.3) is 0 Å². The van der Waals surface area contributed by atoms with Gasteiger partial charge in [0.05, 0.1) is 23.9 Å². The van der Waals surface area contributed by atoms with E-state index in [1.807, 2.05) is 36.5 Å². The number of aliphatic imine (C=N–C) groups is 1. The van der Waals surface area contributed by atoms with Crippen LogP contribution in [0.2, 0.25) is 0 Å². The molecule has 1 amide bonds. The second-order valence-electron chi connectivity index (χ2n) is 13.7. The van der Waals surface area contributed by atoms with Crippen LogP contribution >= 0.6 is 0 Å². The van der Waals surface area contributed by atoms with E-state index >= 15 is 0 Å². The van der Waals surface area contributed by atoms with E-state index in [-0.39, 0.29) is 35.0 Å². The molecule has 1 aromatic rings. The maximum atomic E-state index is 12.5. The fourth-order valence-corrected chi connectivity index (χ4v) is 6.97. The third kappa shape index (κ3) is 6.49. The largest absolute Gasteiger partial charge is 0.403 e. The van der Waals surface area contributed by atoms with Crippen LogP contribution < -0.4 is 21.3 Å². The molecule has 0 bridgehead atoms. The number of nitrogens with two attached hydrogens (primary N) is 1. The number of hydrogen-bond acceptors (Lipinski definition) is 10. The minimum Gasteiger partial charge on any atom is -0.403 e. The molecule has 3 fully saturated rings. The number of ether oxygens (including phenoxy) is 1. The number of carbonyl (C=O) groups excluding carboxylic acids is 1. The number of aromatic nitrogens is 2. The highest BCUT2D eigenvalue weighted by Crippen LogP contribution is 2.51. The van der Waals surface area contributed by atoms with Gasteiger partial charge in [-0.05, 0) is 79.6 Å². The van der Waals surface area contributed by atoms with E-state index in [0.717, 1.165) is 56.0 Å². The highest BCUT2D eigenvalue weighted by molar-refractivity contribution is 5.82. The first-order chi connectivity index (χ1) is 21.0. The van der Waals surface area contributed by atoms with Crippen molar-refractivity contribution in [3.63, 3.8) is 0 Å². The van der Waals surface area contributed by atoms with E-state index in [9.17, 15) is 4.79 Å². The van der Waals surface area contributed by atoms with Crippen molar-refractivity contribution in [2.45, 2.75) is 102 Å². The number of amides is 1. The van der Waals surface area contributed by atoms with E-state index in [2.05, 4.69) is 68.2 Å². The zero-order valence-corrected chi connectivity index (χ0v) is 27.5. The van der Waals surface area contributed by atoms with E-state index in [0.29, 0.717) is 30.7 Å². The quantitative estimate of drug-likeness (QED) is 0.287. The summed E-state index contributed by atoms with van der Waals surface area (Å²) in [5.41, 5.74) is 7.25. The molecule has 1 aromatic heterocycles. The number of allylic oxidation sites excluding steroid dienone is 3. The number of rotatable bonds is 9. The summed E-state index contributed by atoms with van der Waals surface area (Å²) >= 11 is 0. The van der Waals surface area contributed by atoms with Crippen molar-refractivity contribution in [2.75, 3.05) is 44.0 Å². The lowest BCUT2D eigenvalue weighted by atomic mass is 9.73. The molecule has 11 nitrogen and oxygen atoms in total. The molecule has 5 heterocycles. The lowest BCUT2D eigenvalue weighted by Crippen LogP contribution is -2.56. The van der Waals surface area contributed by atoms with Crippen LogP contribution in [0.5, 0.6) is 0 Å². The molecule has 0 spiro atoms. The molecule has 3 saturated heterocycles. The van der Waals surface area contributed by atoms with Crippen LogP contribution in [0, 0.1) is 0 Å². The first kappa shape index (κ1) is 32.0. The summed E-state index contributed by atoms with van der Waals surface area (Å²) < 4.78 is 6.36. The van der Waals surface area contributed by atoms with Crippen molar-refractivity contribution < 1.29 is 9.53 Å². The van der Waals surface area contributed by atoms with Gasteiger partial charge < -0.3 is 30.9 Å². The average molecular weight is 606 g/mol. The Bertz CT molecular complexity index is 1330. The molecule has 5 rings (SSSR count). The van der Waals surface area contributed by atoms with Gasteiger partial charge in [-0.2, -0.15) is 4.98 Å². The summed E-state index contributed by atoms with van der Waals surface area (Å²) in [6.07, 6.45) is 15.9. The maximum absolute atomic E-state index is 12.5. The minimum absolute atomic E-state index is 0.0220. The van der Waals surface area contributed by atoms with Gasteiger partial charge in [-0.1, -0.05) is 19.1 Å². The molecule has 4 N–H and O–H groups in total. The number of anilines is 2. The Balaban J connectivity index is 1.40. The van der Waals surface area contributed by atoms with Crippen LogP contribution in [0.3, 0.4) is 0 Å². The Morgan fingerprint density at radius 1 is 1.25 bits per heavy atom. The third-order valence-electron chi connectivity index (χ3n) is 9.78. The number of fused-ring (bicyclic) bond motifs is 3. The lowest BCUT2D eigenvalue weighted by molar-refractivity contribution is -0.127. The normalized spacial score (nSPS) is 29.0. The molecular weight excluding hydrogens is 554 g/mol. The van der Waals surface area contributed by atoms with Gasteiger partial charge in [0.15, 0.2) is 0 Å². The van der Waals surface area contributed by atoms with Crippen molar-refractivity contribution in [1.82, 2.24) is 25.1 Å². The fourth-order valence-electron chi connectivity index (χ4n) is 6.97. The van der Waals surface area contributed by atoms with Crippen molar-refractivity contribution in [1.29, 1.82) is 0 Å². The van der Waals surface area contributed by atoms with Gasteiger partial charge >= 0.3 is 0 Å². The molecule has 44 heavy (non-hydrogen) atoms. The Labute approximate surface area is 262 Å². The monoisotopic (exact) mass is 605 g/mol. The topological polar surface area (TPSA) is 124 Å². The summed E-state index contributed by atoms with van der Waals surface area (Å²) in [5, 5.41) is 6.52. The summed E-state index contributed by atoms with van der Waals surface area (Å²) in [6.45, 7) is 13.6. The molecule has 0 aliphatic carbocycles. The standard InChI is InChI=1S/C33H51N9O2/c1-22(9-8-10-28(35-6)42-23(2)11-12-29(42)43)41-27-17-32(3,4)44-21-33(27,5)26-20-37-31(39-30(26)41)38-25(18-34)19-36-24-13-15-40(7)16-14-24/h8-10,18-20,22-24,27,35H,11-17,21,34H2,1-7H3,(H,37,38,39)/b9-8-,25-18+,28-10+,36-19?/t22?,23-,27+,33+/m0/s1. The van der Waals surface area contributed by atoms with Crippen LogP contribution in [0.4, 0.5) is 11.8 Å². The smallest absolute Gasteiger partial charge is 0.229 e. The Morgan fingerprint density at radius 3 is 2.66 bits per heavy atom. The highest BCUT2D eigenvalue weighted by atomic mass is 16.5. The Hall–Kier alpha value is -3.44.